The van der Waals surface area contributed by atoms with Crippen molar-refractivity contribution in [1.29, 1.82) is 0 Å². The minimum absolute atomic E-state index is 0.225. The third-order valence-corrected chi connectivity index (χ3v) is 4.27. The summed E-state index contributed by atoms with van der Waals surface area (Å²) in [6.07, 6.45) is 7.97. The van der Waals surface area contributed by atoms with Crippen LogP contribution in [0.4, 0.5) is 0 Å². The Morgan fingerprint density at radius 3 is 2.53 bits per heavy atom. The summed E-state index contributed by atoms with van der Waals surface area (Å²) >= 11 is 0. The quantitative estimate of drug-likeness (QED) is 0.819. The first-order valence-electron chi connectivity index (χ1n) is 7.50. The van der Waals surface area contributed by atoms with Gasteiger partial charge in [-0.15, -0.1) is 0 Å². The van der Waals surface area contributed by atoms with Crippen LogP contribution in [0.1, 0.15) is 39.5 Å². The van der Waals surface area contributed by atoms with Gasteiger partial charge >= 0.3 is 0 Å². The van der Waals surface area contributed by atoms with Gasteiger partial charge in [0.05, 0.1) is 0 Å². The summed E-state index contributed by atoms with van der Waals surface area (Å²) in [6, 6.07) is 1.96. The fourth-order valence-electron chi connectivity index (χ4n) is 2.91. The number of amides is 1. The van der Waals surface area contributed by atoms with E-state index in [2.05, 4.69) is 23.8 Å². The molecule has 4 nitrogen and oxygen atoms in total. The van der Waals surface area contributed by atoms with Crippen LogP contribution < -0.4 is 0 Å². The molecule has 0 unspecified atom stereocenters. The molecule has 1 amide bonds. The highest BCUT2D eigenvalue weighted by molar-refractivity contribution is 5.78. The zero-order valence-corrected chi connectivity index (χ0v) is 12.1. The molecule has 2 heterocycles. The van der Waals surface area contributed by atoms with Crippen LogP contribution in [0.5, 0.6) is 0 Å². The summed E-state index contributed by atoms with van der Waals surface area (Å²) in [5.74, 6) is 1.25. The minimum Gasteiger partial charge on any atom is -0.342 e. The predicted molar refractivity (Wildman–Crippen MR) is 75.6 cm³/mol. The van der Waals surface area contributed by atoms with Gasteiger partial charge in [-0.1, -0.05) is 13.8 Å². The lowest BCUT2D eigenvalue weighted by Gasteiger charge is -2.34. The smallest absolute Gasteiger partial charge is 0.225 e. The Labute approximate surface area is 115 Å². The summed E-state index contributed by atoms with van der Waals surface area (Å²) in [5.41, 5.74) is 0. The number of hydrogen-bond donors (Lipinski definition) is 0. The number of piperidine rings is 1. The maximum Gasteiger partial charge on any atom is 0.225 e. The lowest BCUT2D eigenvalue weighted by Crippen LogP contribution is -2.42. The Morgan fingerprint density at radius 2 is 2.00 bits per heavy atom. The Kier molecular flexibility index (Phi) is 5.00. The number of rotatable bonds is 5. The minimum atomic E-state index is 0.225. The maximum atomic E-state index is 12.3. The van der Waals surface area contributed by atoms with Crippen molar-refractivity contribution in [3.8, 4) is 0 Å². The third-order valence-electron chi connectivity index (χ3n) is 4.27. The fraction of sp³-hybridized carbons (Fsp3) is 0.733. The van der Waals surface area contributed by atoms with E-state index in [0.29, 0.717) is 11.8 Å². The molecule has 106 valence electrons. The molecule has 1 saturated heterocycles. The summed E-state index contributed by atoms with van der Waals surface area (Å²) in [5, 5.41) is 4.26. The molecule has 0 saturated carbocycles. The van der Waals surface area contributed by atoms with Crippen LogP contribution in [0.25, 0.3) is 0 Å². The average molecular weight is 263 g/mol. The molecule has 0 aliphatic carbocycles. The van der Waals surface area contributed by atoms with Crippen molar-refractivity contribution in [2.45, 2.75) is 46.1 Å². The Bertz CT molecular complexity index is 376. The van der Waals surface area contributed by atoms with E-state index < -0.39 is 0 Å². The molecule has 1 aliphatic rings. The Hall–Kier alpha value is -1.32. The second-order valence-corrected chi connectivity index (χ2v) is 5.51. The summed E-state index contributed by atoms with van der Waals surface area (Å²) in [4.78, 5) is 14.4. The molecule has 0 atom stereocenters. The Morgan fingerprint density at radius 1 is 1.32 bits per heavy atom. The standard InChI is InChI=1S/C15H25N3O/c1-3-14(4-2)15(19)17-10-6-13(7-11-17)12-18-9-5-8-16-18/h5,8-9,13-14H,3-4,6-7,10-12H2,1-2H3. The zero-order valence-electron chi connectivity index (χ0n) is 12.1. The van der Waals surface area contributed by atoms with E-state index in [1.165, 1.54) is 0 Å². The first-order valence-corrected chi connectivity index (χ1v) is 7.50. The van der Waals surface area contributed by atoms with Crippen LogP contribution >= 0.6 is 0 Å². The molecule has 0 bridgehead atoms. The monoisotopic (exact) mass is 263 g/mol. The van der Waals surface area contributed by atoms with Crippen LogP contribution in [-0.2, 0) is 11.3 Å². The molecule has 0 N–H and O–H groups in total. The van der Waals surface area contributed by atoms with Crippen molar-refractivity contribution in [3.05, 3.63) is 18.5 Å². The molecule has 0 spiro atoms. The number of carbonyl (C=O) groups excluding carboxylic acids is 1. The molecule has 1 fully saturated rings. The van der Waals surface area contributed by atoms with Crippen LogP contribution in [0.2, 0.25) is 0 Å². The van der Waals surface area contributed by atoms with Gasteiger partial charge in [0.2, 0.25) is 5.91 Å². The van der Waals surface area contributed by atoms with Gasteiger partial charge in [-0.3, -0.25) is 9.48 Å². The number of carbonyl (C=O) groups is 1. The lowest BCUT2D eigenvalue weighted by atomic mass is 9.94. The molecule has 1 aromatic rings. The first-order chi connectivity index (χ1) is 9.24. The van der Waals surface area contributed by atoms with Crippen LogP contribution in [0.15, 0.2) is 18.5 Å². The number of nitrogens with zero attached hydrogens (tertiary/aromatic N) is 3. The fourth-order valence-corrected chi connectivity index (χ4v) is 2.91. The zero-order chi connectivity index (χ0) is 13.7. The van der Waals surface area contributed by atoms with Gasteiger partial charge in [-0.05, 0) is 37.7 Å². The van der Waals surface area contributed by atoms with E-state index in [1.54, 1.807) is 0 Å². The molecule has 1 aromatic heterocycles. The van der Waals surface area contributed by atoms with Gasteiger partial charge in [0, 0.05) is 37.9 Å². The van der Waals surface area contributed by atoms with E-state index in [9.17, 15) is 4.79 Å². The van der Waals surface area contributed by atoms with Crippen LogP contribution in [-0.4, -0.2) is 33.7 Å². The molecular weight excluding hydrogens is 238 g/mol. The van der Waals surface area contributed by atoms with E-state index in [1.807, 2.05) is 23.1 Å². The summed E-state index contributed by atoms with van der Waals surface area (Å²) < 4.78 is 2.00. The van der Waals surface area contributed by atoms with Crippen molar-refractivity contribution < 1.29 is 4.79 Å². The second-order valence-electron chi connectivity index (χ2n) is 5.51. The largest absolute Gasteiger partial charge is 0.342 e. The highest BCUT2D eigenvalue weighted by Gasteiger charge is 2.26. The van der Waals surface area contributed by atoms with Crippen LogP contribution in [0, 0.1) is 11.8 Å². The van der Waals surface area contributed by atoms with Crippen molar-refractivity contribution in [2.75, 3.05) is 13.1 Å². The van der Waals surface area contributed by atoms with E-state index in [0.717, 1.165) is 45.3 Å². The van der Waals surface area contributed by atoms with Crippen LogP contribution in [0.3, 0.4) is 0 Å². The second kappa shape index (κ2) is 6.73. The number of hydrogen-bond acceptors (Lipinski definition) is 2. The average Bonchev–Trinajstić information content (AvgIpc) is 2.94. The molecular formula is C15H25N3O. The molecule has 0 radical (unpaired) electrons. The molecule has 2 rings (SSSR count). The van der Waals surface area contributed by atoms with E-state index in [4.69, 9.17) is 0 Å². The van der Waals surface area contributed by atoms with Gasteiger partial charge in [-0.25, -0.2) is 0 Å². The van der Waals surface area contributed by atoms with Crippen molar-refractivity contribution >= 4 is 5.91 Å². The van der Waals surface area contributed by atoms with Gasteiger partial charge in [0.25, 0.3) is 0 Å². The highest BCUT2D eigenvalue weighted by atomic mass is 16.2. The summed E-state index contributed by atoms with van der Waals surface area (Å²) in [7, 11) is 0. The van der Waals surface area contributed by atoms with Crippen molar-refractivity contribution in [1.82, 2.24) is 14.7 Å². The van der Waals surface area contributed by atoms with Crippen molar-refractivity contribution in [2.24, 2.45) is 11.8 Å². The van der Waals surface area contributed by atoms with Gasteiger partial charge in [0.15, 0.2) is 0 Å². The molecule has 4 heteroatoms. The van der Waals surface area contributed by atoms with Gasteiger partial charge in [0.1, 0.15) is 0 Å². The summed E-state index contributed by atoms with van der Waals surface area (Å²) in [6.45, 7) is 7.04. The van der Waals surface area contributed by atoms with Gasteiger partial charge in [-0.2, -0.15) is 5.10 Å². The number of aromatic nitrogens is 2. The molecule has 0 aromatic carbocycles. The highest BCUT2D eigenvalue weighted by Crippen LogP contribution is 2.21. The van der Waals surface area contributed by atoms with Crippen molar-refractivity contribution in [3.63, 3.8) is 0 Å². The third kappa shape index (κ3) is 3.58. The molecule has 1 aliphatic heterocycles. The topological polar surface area (TPSA) is 38.1 Å². The normalized spacial score (nSPS) is 17.1. The van der Waals surface area contributed by atoms with E-state index >= 15 is 0 Å². The molecule has 19 heavy (non-hydrogen) atoms. The number of likely N-dealkylation sites (tertiary alicyclic amines) is 1. The Balaban J connectivity index is 1.80. The van der Waals surface area contributed by atoms with Gasteiger partial charge < -0.3 is 4.90 Å². The first kappa shape index (κ1) is 14.1. The SMILES string of the molecule is CCC(CC)C(=O)N1CCC(Cn2cccn2)CC1. The maximum absolute atomic E-state index is 12.3. The predicted octanol–water partition coefficient (Wildman–Crippen LogP) is 2.56. The lowest BCUT2D eigenvalue weighted by molar-refractivity contribution is -0.137. The van der Waals surface area contributed by atoms with E-state index in [-0.39, 0.29) is 5.92 Å².